The summed E-state index contributed by atoms with van der Waals surface area (Å²) in [6, 6.07) is 18.7. The molecule has 10 nitrogen and oxygen atoms in total. The number of carboxylic acid groups (broad SMARTS) is 1. The number of hydrogen-bond acceptors (Lipinski definition) is 7. The van der Waals surface area contributed by atoms with Gasteiger partial charge in [0.15, 0.2) is 11.5 Å². The van der Waals surface area contributed by atoms with Crippen LogP contribution >= 0.6 is 0 Å². The van der Waals surface area contributed by atoms with Crippen LogP contribution in [-0.2, 0) is 14.4 Å². The molecule has 1 aromatic heterocycles. The summed E-state index contributed by atoms with van der Waals surface area (Å²) < 4.78 is 23.4. The largest absolute Gasteiger partial charge is 0.513 e. The van der Waals surface area contributed by atoms with E-state index >= 15 is 0 Å². The number of aliphatic carboxylic acids is 1. The minimum absolute atomic E-state index is 0.0463. The maximum Gasteiger partial charge on any atom is 0.303 e. The highest BCUT2D eigenvalue weighted by Gasteiger charge is 2.56. The van der Waals surface area contributed by atoms with Crippen molar-refractivity contribution in [2.24, 2.45) is 5.41 Å². The third-order valence-electron chi connectivity index (χ3n) is 7.12. The fraction of sp³-hybridized carbons (Fsp3) is 0.257. The molecule has 2 amide bonds. The predicted octanol–water partition coefficient (Wildman–Crippen LogP) is 6.97. The second-order valence-electron chi connectivity index (χ2n) is 10.7. The number of amides is 2. The van der Waals surface area contributed by atoms with Crippen LogP contribution in [0.2, 0.25) is 0 Å². The van der Waals surface area contributed by atoms with Gasteiger partial charge in [-0.05, 0) is 80.8 Å². The predicted molar refractivity (Wildman–Crippen MR) is 175 cm³/mol. The number of halogens is 1. The molecular formula is C35H38FN3O7. The Morgan fingerprint density at radius 2 is 1.37 bits per heavy atom. The van der Waals surface area contributed by atoms with Crippen molar-refractivity contribution >= 4 is 40.1 Å². The Hall–Kier alpha value is -5.45. The Labute approximate surface area is 266 Å². The number of benzene rings is 3. The van der Waals surface area contributed by atoms with Crippen LogP contribution in [0.25, 0.3) is 10.9 Å². The number of aliphatic hydroxyl groups excluding tert-OH is 1. The average molecular weight is 632 g/mol. The topological polar surface area (TPSA) is 147 Å². The number of fused-ring (bicyclic) bond motifs is 1. The number of carbonyl (C=O) groups excluding carboxylic acids is 2. The lowest BCUT2D eigenvalue weighted by atomic mass is 10.0. The highest BCUT2D eigenvalue weighted by Crippen LogP contribution is 2.47. The molecule has 4 aromatic rings. The Morgan fingerprint density at radius 3 is 1.83 bits per heavy atom. The highest BCUT2D eigenvalue weighted by atomic mass is 19.1. The van der Waals surface area contributed by atoms with E-state index < -0.39 is 11.4 Å². The zero-order valence-corrected chi connectivity index (χ0v) is 26.2. The van der Waals surface area contributed by atoms with E-state index in [4.69, 9.17) is 19.7 Å². The van der Waals surface area contributed by atoms with Crippen molar-refractivity contribution in [3.8, 4) is 11.5 Å². The van der Waals surface area contributed by atoms with Crippen molar-refractivity contribution < 1.29 is 38.5 Å². The number of ether oxygens (including phenoxy) is 2. The lowest BCUT2D eigenvalue weighted by Gasteiger charge is -2.15. The Balaban J connectivity index is 0.000000214. The number of nitrogens with one attached hydrogen (secondary N) is 2. The zero-order valence-electron chi connectivity index (χ0n) is 26.2. The minimum atomic E-state index is -1.03. The van der Waals surface area contributed by atoms with E-state index in [9.17, 15) is 18.8 Å². The van der Waals surface area contributed by atoms with Gasteiger partial charge < -0.3 is 30.3 Å². The van der Waals surface area contributed by atoms with Gasteiger partial charge in [-0.3, -0.25) is 19.4 Å². The van der Waals surface area contributed by atoms with Crippen molar-refractivity contribution in [3.63, 3.8) is 0 Å². The summed E-state index contributed by atoms with van der Waals surface area (Å²) in [6.07, 6.45) is 2.92. The molecule has 0 bridgehead atoms. The molecule has 3 aromatic carbocycles. The average Bonchev–Trinajstić information content (AvgIpc) is 3.85. The van der Waals surface area contributed by atoms with Crippen LogP contribution in [0.5, 0.6) is 11.5 Å². The number of carbonyl (C=O) groups is 3. The Kier molecular flexibility index (Phi) is 12.2. The fourth-order valence-corrected chi connectivity index (χ4v) is 4.22. The summed E-state index contributed by atoms with van der Waals surface area (Å²) in [4.78, 5) is 38.9. The summed E-state index contributed by atoms with van der Waals surface area (Å²) in [5.41, 5.74) is 3.32. The second kappa shape index (κ2) is 16.0. The first kappa shape index (κ1) is 35.0. The molecule has 0 spiro atoms. The molecule has 1 aliphatic carbocycles. The number of methoxy groups -OCH3 is 2. The number of aromatic nitrogens is 1. The Bertz CT molecular complexity index is 1610. The van der Waals surface area contributed by atoms with E-state index in [2.05, 4.69) is 29.1 Å². The number of aryl methyl sites for hydroxylation is 2. The molecule has 0 radical (unpaired) electrons. The van der Waals surface area contributed by atoms with Gasteiger partial charge in [-0.2, -0.15) is 0 Å². The molecule has 1 saturated carbocycles. The molecule has 0 saturated heterocycles. The van der Waals surface area contributed by atoms with Crippen LogP contribution in [0.15, 0.2) is 85.3 Å². The zero-order chi connectivity index (χ0) is 33.9. The molecule has 0 aliphatic heterocycles. The molecule has 1 fully saturated rings. The summed E-state index contributed by atoms with van der Waals surface area (Å²) in [5.74, 6) is -0.576. The van der Waals surface area contributed by atoms with Crippen molar-refractivity contribution in [2.45, 2.75) is 39.5 Å². The number of nitrogens with zero attached hydrogens (tertiary/aromatic N) is 1. The van der Waals surface area contributed by atoms with E-state index in [0.717, 1.165) is 22.2 Å². The van der Waals surface area contributed by atoms with Gasteiger partial charge in [-0.25, -0.2) is 4.39 Å². The van der Waals surface area contributed by atoms with E-state index in [1.165, 1.54) is 29.8 Å². The van der Waals surface area contributed by atoms with Gasteiger partial charge in [0.1, 0.15) is 11.2 Å². The molecule has 4 N–H and O–H groups in total. The van der Waals surface area contributed by atoms with Crippen LogP contribution in [0, 0.1) is 25.1 Å². The minimum Gasteiger partial charge on any atom is -0.513 e. The number of hydrogen-bond donors (Lipinski definition) is 4. The molecule has 0 unspecified atom stereocenters. The van der Waals surface area contributed by atoms with E-state index in [0.29, 0.717) is 30.0 Å². The highest BCUT2D eigenvalue weighted by molar-refractivity contribution is 6.16. The van der Waals surface area contributed by atoms with Crippen molar-refractivity contribution in [1.82, 2.24) is 4.98 Å². The number of pyridine rings is 1. The smallest absolute Gasteiger partial charge is 0.303 e. The van der Waals surface area contributed by atoms with Crippen LogP contribution < -0.4 is 20.1 Å². The lowest BCUT2D eigenvalue weighted by molar-refractivity contribution is -0.137. The number of carboxylic acids is 1. The SMILES string of the molecule is C=C(O)CCC(=O)O.COc1cc2nccc(C)c2cc1OC.Cc1ccc(NC(=O)C2(C(=O)Nc3ccc(F)cc3)CC2)cc1. The van der Waals surface area contributed by atoms with Crippen LogP contribution in [0.1, 0.15) is 36.8 Å². The van der Waals surface area contributed by atoms with Gasteiger partial charge in [0, 0.05) is 35.4 Å². The maximum absolute atomic E-state index is 12.9. The van der Waals surface area contributed by atoms with Crippen LogP contribution in [-0.4, -0.2) is 47.2 Å². The maximum atomic E-state index is 12.9. The molecule has 11 heteroatoms. The van der Waals surface area contributed by atoms with E-state index in [1.54, 1.807) is 32.5 Å². The summed E-state index contributed by atoms with van der Waals surface area (Å²) >= 11 is 0. The molecule has 5 rings (SSSR count). The van der Waals surface area contributed by atoms with Gasteiger partial charge in [0.25, 0.3) is 0 Å². The van der Waals surface area contributed by atoms with Crippen LogP contribution in [0.4, 0.5) is 15.8 Å². The summed E-state index contributed by atoms with van der Waals surface area (Å²) in [5, 5.41) is 22.9. The number of rotatable bonds is 9. The van der Waals surface area contributed by atoms with Gasteiger partial charge in [0.2, 0.25) is 11.8 Å². The molecule has 242 valence electrons. The quantitative estimate of drug-likeness (QED) is 0.114. The first-order chi connectivity index (χ1) is 21.9. The standard InChI is InChI=1S/C18H17FN2O2.C12H13NO2.C5H8O3/c1-12-2-6-14(7-3-12)20-16(22)18(10-11-18)17(23)21-15-8-4-13(19)5-9-15;1-8-4-5-13-10-7-12(15-3)11(14-2)6-9(8)10;1-4(6)2-3-5(7)8/h2-9H,10-11H2,1H3,(H,20,22)(H,21,23);4-7H,1-3H3;6H,1-3H2,(H,7,8). The number of anilines is 2. The van der Waals surface area contributed by atoms with E-state index in [1.807, 2.05) is 37.3 Å². The molecule has 1 heterocycles. The van der Waals surface area contributed by atoms with Gasteiger partial charge in [0.05, 0.1) is 31.9 Å². The number of aliphatic hydroxyl groups is 1. The molecule has 46 heavy (non-hydrogen) atoms. The Morgan fingerprint density at radius 1 is 0.848 bits per heavy atom. The molecule has 0 atom stereocenters. The van der Waals surface area contributed by atoms with Gasteiger partial charge in [-0.15, -0.1) is 0 Å². The third-order valence-corrected chi connectivity index (χ3v) is 7.12. The van der Waals surface area contributed by atoms with Crippen molar-refractivity contribution in [2.75, 3.05) is 24.9 Å². The summed E-state index contributed by atoms with van der Waals surface area (Å²) in [6.45, 7) is 7.13. The first-order valence-electron chi connectivity index (χ1n) is 14.4. The van der Waals surface area contributed by atoms with Crippen molar-refractivity contribution in [3.05, 3.63) is 102 Å². The molecular weight excluding hydrogens is 593 g/mol. The summed E-state index contributed by atoms with van der Waals surface area (Å²) in [7, 11) is 3.26. The second-order valence-corrected chi connectivity index (χ2v) is 10.7. The number of allylic oxidation sites excluding steroid dienone is 1. The molecule has 1 aliphatic rings. The first-order valence-corrected chi connectivity index (χ1v) is 14.4. The van der Waals surface area contributed by atoms with E-state index in [-0.39, 0.29) is 36.2 Å². The van der Waals surface area contributed by atoms with Gasteiger partial charge >= 0.3 is 5.97 Å². The monoisotopic (exact) mass is 631 g/mol. The third kappa shape index (κ3) is 9.78. The normalized spacial score (nSPS) is 12.3. The van der Waals surface area contributed by atoms with Crippen molar-refractivity contribution in [1.29, 1.82) is 0 Å². The fourth-order valence-electron chi connectivity index (χ4n) is 4.22. The lowest BCUT2D eigenvalue weighted by Crippen LogP contribution is -2.35. The van der Waals surface area contributed by atoms with Gasteiger partial charge in [-0.1, -0.05) is 24.3 Å². The van der Waals surface area contributed by atoms with Crippen LogP contribution in [0.3, 0.4) is 0 Å².